The van der Waals surface area contributed by atoms with Gasteiger partial charge in [0.05, 0.1) is 22.1 Å². The van der Waals surface area contributed by atoms with Gasteiger partial charge in [-0.05, 0) is 158 Å². The monoisotopic (exact) mass is 1220 g/mol. The number of para-hydroxylation sites is 6. The number of rotatable bonds is 11. The summed E-state index contributed by atoms with van der Waals surface area (Å²) in [5.74, 6) is 2.04. The number of hydrogen-bond donors (Lipinski definition) is 1. The molecule has 11 heteroatoms. The maximum absolute atomic E-state index is 6.09. The van der Waals surface area contributed by atoms with E-state index >= 15 is 0 Å². The van der Waals surface area contributed by atoms with Gasteiger partial charge in [-0.1, -0.05) is 189 Å². The third-order valence-electron chi connectivity index (χ3n) is 15.0. The number of hydrogen-bond acceptors (Lipinski definition) is 8. The highest BCUT2D eigenvalue weighted by Gasteiger charge is 2.19. The van der Waals surface area contributed by atoms with E-state index in [4.69, 9.17) is 8.83 Å². The van der Waals surface area contributed by atoms with Crippen LogP contribution in [0.2, 0.25) is 0 Å². The van der Waals surface area contributed by atoms with E-state index in [9.17, 15) is 0 Å². The van der Waals surface area contributed by atoms with Crippen LogP contribution in [0.15, 0.2) is 329 Å². The first-order valence-electron chi connectivity index (χ1n) is 28.5. The van der Waals surface area contributed by atoms with E-state index in [0.717, 1.165) is 60.9 Å². The molecular weight excluding hydrogens is 1160 g/mol. The largest absolute Gasteiger partial charge is 0.416 e. The molecule has 10 nitrogen and oxygen atoms in total. The van der Waals surface area contributed by atoms with Crippen molar-refractivity contribution in [1.29, 1.82) is 0 Å². The van der Waals surface area contributed by atoms with E-state index in [0.29, 0.717) is 23.6 Å². The lowest BCUT2D eigenvalue weighted by Gasteiger charge is -2.26. The summed E-state index contributed by atoms with van der Waals surface area (Å²) in [5.41, 5.74) is 16.0. The van der Waals surface area contributed by atoms with E-state index in [1.807, 2.05) is 121 Å². The predicted octanol–water partition coefficient (Wildman–Crippen LogP) is 21.9. The molecule has 0 bridgehead atoms. The van der Waals surface area contributed by atoms with Crippen molar-refractivity contribution in [2.75, 3.05) is 10.2 Å². The fourth-order valence-electron chi connectivity index (χ4n) is 11.0. The number of nitrogens with one attached hydrogen (secondary N) is 1. The second-order valence-corrected chi connectivity index (χ2v) is 21.5. The van der Waals surface area contributed by atoms with Crippen molar-refractivity contribution in [2.24, 2.45) is 0 Å². The number of nitrogens with zero attached hydrogens (tertiary/aromatic N) is 7. The van der Waals surface area contributed by atoms with Gasteiger partial charge in [0.25, 0.3) is 0 Å². The van der Waals surface area contributed by atoms with Crippen molar-refractivity contribution in [2.45, 2.75) is 14.9 Å². The molecule has 0 spiro atoms. The Morgan fingerprint density at radius 3 is 1.07 bits per heavy atom. The zero-order chi connectivity index (χ0) is 58.3. The van der Waals surface area contributed by atoms with Crippen molar-refractivity contribution in [3.63, 3.8) is 0 Å². The van der Waals surface area contributed by atoms with Gasteiger partial charge in [-0.2, -0.15) is 0 Å². The van der Waals surface area contributed by atoms with Gasteiger partial charge < -0.3 is 28.2 Å². The average Bonchev–Trinajstić information content (AvgIpc) is 1.79. The van der Waals surface area contributed by atoms with Crippen molar-refractivity contribution in [1.82, 2.24) is 29.5 Å². The summed E-state index contributed by atoms with van der Waals surface area (Å²) < 4.78 is 17.4. The first kappa shape index (κ1) is 58.0. The summed E-state index contributed by atoms with van der Waals surface area (Å²) in [5, 5.41) is 25.3. The van der Waals surface area contributed by atoms with Crippen LogP contribution in [-0.4, -0.2) is 29.5 Å². The van der Waals surface area contributed by atoms with Crippen LogP contribution in [0.3, 0.4) is 0 Å². The Bertz CT molecular complexity index is 4860. The summed E-state index contributed by atoms with van der Waals surface area (Å²) in [6.07, 6.45) is 0. The first-order chi connectivity index (χ1) is 43.1. The maximum Gasteiger partial charge on any atom is 0.248 e. The minimum absolute atomic E-state index is 0. The zero-order valence-corrected chi connectivity index (χ0v) is 48.4. The molecule has 16 rings (SSSR count). The summed E-state index contributed by atoms with van der Waals surface area (Å²) in [6.45, 7) is 0. The van der Waals surface area contributed by atoms with Crippen molar-refractivity contribution >= 4 is 88.0 Å². The summed E-state index contributed by atoms with van der Waals surface area (Å²) in [7, 11) is 0. The van der Waals surface area contributed by atoms with E-state index in [1.165, 1.54) is 49.3 Å². The lowest BCUT2D eigenvalue weighted by Crippen LogP contribution is -2.10. The Balaban J connectivity index is 0.000000142. The summed E-state index contributed by atoms with van der Waals surface area (Å²) in [6, 6.07) is 108. The molecule has 0 amide bonds. The lowest BCUT2D eigenvalue weighted by atomic mass is 10.1. The van der Waals surface area contributed by atoms with E-state index in [1.54, 1.807) is 0 Å². The number of aromatic nitrogens is 6. The average molecular weight is 1220 g/mol. The summed E-state index contributed by atoms with van der Waals surface area (Å²) >= 11 is 3.42. The third kappa shape index (κ3) is 12.2. The number of fused-ring (bicyclic) bond motifs is 6. The molecule has 4 aromatic heterocycles. The van der Waals surface area contributed by atoms with Crippen LogP contribution in [0.25, 0.3) is 101 Å². The van der Waals surface area contributed by atoms with Crippen LogP contribution < -0.4 is 10.2 Å². The quantitative estimate of drug-likeness (QED) is 0.137. The normalized spacial score (nSPS) is 10.8. The van der Waals surface area contributed by atoms with Gasteiger partial charge in [-0.3, -0.25) is 0 Å². The summed E-state index contributed by atoms with van der Waals surface area (Å²) in [4.78, 5) is 2.24. The molecule has 0 atom stereocenters. The Morgan fingerprint density at radius 1 is 0.292 bits per heavy atom. The highest BCUT2D eigenvalue weighted by Crippen LogP contribution is 2.39. The number of halogens is 1. The molecule has 0 saturated carbocycles. The van der Waals surface area contributed by atoms with Crippen LogP contribution in [0.4, 0.5) is 28.4 Å². The molecule has 0 saturated heterocycles. The second kappa shape index (κ2) is 26.5. The molecule has 12 aromatic carbocycles. The highest BCUT2D eigenvalue weighted by atomic mass is 79.9. The van der Waals surface area contributed by atoms with E-state index < -0.39 is 0 Å². The van der Waals surface area contributed by atoms with Gasteiger partial charge >= 0.3 is 0 Å². The fourth-order valence-corrected chi connectivity index (χ4v) is 11.4. The molecule has 16 aromatic rings. The van der Waals surface area contributed by atoms with Crippen molar-refractivity contribution in [3.05, 3.63) is 320 Å². The molecule has 4 heterocycles. The van der Waals surface area contributed by atoms with Crippen LogP contribution >= 0.6 is 15.9 Å². The van der Waals surface area contributed by atoms with Gasteiger partial charge in [0.1, 0.15) is 0 Å². The lowest BCUT2D eigenvalue weighted by molar-refractivity contribution is 0.584. The minimum Gasteiger partial charge on any atom is -0.416 e. The van der Waals surface area contributed by atoms with Crippen LogP contribution in [-0.2, 0) is 0 Å². The molecule has 0 aliphatic heterocycles. The zero-order valence-electron chi connectivity index (χ0n) is 46.8. The number of anilines is 5. The molecule has 0 aliphatic carbocycles. The van der Waals surface area contributed by atoms with Gasteiger partial charge in [0.2, 0.25) is 23.6 Å². The van der Waals surface area contributed by atoms with Gasteiger partial charge in [0, 0.05) is 88.1 Å². The molecule has 432 valence electrons. The SMILES string of the molecule is Brc1cccc(-c2nnc(-c3ccccc3)o2)c1.C.C.c1ccc(-c2nnc(-c3cccc(N(c4ccccc4)c4ccc(-n5c6ccccc6c6ccccc65)cc4)c3)o2)cc1.c1ccc(Nc2ccc(-n3c4ccccc4c4ccccc43)cc2)cc1. The smallest absolute Gasteiger partial charge is 0.248 e. The van der Waals surface area contributed by atoms with Gasteiger partial charge in [-0.15, -0.1) is 20.4 Å². The van der Waals surface area contributed by atoms with Gasteiger partial charge in [0.15, 0.2) is 0 Å². The van der Waals surface area contributed by atoms with Crippen molar-refractivity contribution in [3.8, 4) is 57.2 Å². The maximum atomic E-state index is 6.09. The molecular formula is C78H61BrN8O2. The van der Waals surface area contributed by atoms with Crippen LogP contribution in [0, 0.1) is 0 Å². The highest BCUT2D eigenvalue weighted by molar-refractivity contribution is 9.10. The minimum atomic E-state index is 0. The standard InChI is InChI=1S/C38H26N4O.C24H18N2.C14H9BrN2O.2CH4/c1-3-12-27(13-4-1)37-39-40-38(43-37)28-14-11-17-32(26-28)41(29-15-5-2-6-16-29)30-22-24-31(25-23-30)42-35-20-9-7-18-33(35)34-19-8-10-21-36(34)42;1-2-8-18(9-3-1)25-19-14-16-20(17-15-19)26-23-12-6-4-10-21(23)22-11-5-7-13-24(22)26;15-12-8-4-7-11(9-12)14-17-16-13(18-14)10-5-2-1-3-6-10;;/h1-26H;1-17,25H;1-9H;2*1H4. The topological polar surface area (TPSA) is 103 Å². The Labute approximate surface area is 525 Å². The predicted molar refractivity (Wildman–Crippen MR) is 371 cm³/mol. The molecule has 0 aliphatic rings. The Kier molecular flexibility index (Phi) is 17.3. The van der Waals surface area contributed by atoms with Crippen molar-refractivity contribution < 1.29 is 8.83 Å². The van der Waals surface area contributed by atoms with Crippen LogP contribution in [0.1, 0.15) is 14.9 Å². The van der Waals surface area contributed by atoms with Gasteiger partial charge in [-0.25, -0.2) is 0 Å². The molecule has 1 N–H and O–H groups in total. The fraction of sp³-hybridized carbons (Fsp3) is 0.0256. The van der Waals surface area contributed by atoms with E-state index in [2.05, 4.69) is 250 Å². The second-order valence-electron chi connectivity index (χ2n) is 20.6. The Hall–Kier alpha value is -11.4. The Morgan fingerprint density at radius 2 is 0.618 bits per heavy atom. The third-order valence-corrected chi connectivity index (χ3v) is 15.5. The molecule has 0 fully saturated rings. The van der Waals surface area contributed by atoms with Crippen LogP contribution in [0.5, 0.6) is 0 Å². The first-order valence-corrected chi connectivity index (χ1v) is 29.3. The number of benzene rings is 12. The van der Waals surface area contributed by atoms with E-state index in [-0.39, 0.29) is 14.9 Å². The molecule has 0 unspecified atom stereocenters. The molecule has 89 heavy (non-hydrogen) atoms. The molecule has 0 radical (unpaired) electrons.